The van der Waals surface area contributed by atoms with Crippen LogP contribution in [0.1, 0.15) is 5.56 Å². The summed E-state index contributed by atoms with van der Waals surface area (Å²) < 4.78 is 2.42. The zero-order valence-electron chi connectivity index (χ0n) is 40.2. The quantitative estimate of drug-likeness (QED) is 0.123. The Kier molecular flexibility index (Phi) is 9.39. The van der Waals surface area contributed by atoms with Crippen LogP contribution in [0.2, 0.25) is 0 Å². The Bertz CT molecular complexity index is 4350. The summed E-state index contributed by atoms with van der Waals surface area (Å²) in [4.78, 5) is 4.94. The lowest BCUT2D eigenvalue weighted by Gasteiger charge is -2.44. The largest absolute Gasteiger partial charge is 0.311 e. The molecule has 1 aromatic heterocycles. The third kappa shape index (κ3) is 6.29. The topological polar surface area (TPSA) is 35.2 Å². The van der Waals surface area contributed by atoms with E-state index in [1.807, 2.05) is 0 Å². The lowest BCUT2D eigenvalue weighted by molar-refractivity contribution is 1.17. The molecule has 0 radical (unpaired) electrons. The molecule has 3 heterocycles. The first-order valence-corrected chi connectivity index (χ1v) is 25.3. The van der Waals surface area contributed by atoms with E-state index < -0.39 is 0 Å². The highest BCUT2D eigenvalue weighted by Gasteiger charge is 2.44. The predicted molar refractivity (Wildman–Crippen MR) is 311 cm³/mol. The van der Waals surface area contributed by atoms with E-state index in [0.717, 1.165) is 72.8 Å². The van der Waals surface area contributed by atoms with Crippen LogP contribution in [0.4, 0.5) is 34.1 Å². The third-order valence-corrected chi connectivity index (χ3v) is 15.5. The number of hydrogen-bond acceptors (Lipinski definition) is 3. The molecule has 15 rings (SSSR count). The van der Waals surface area contributed by atoms with Crippen LogP contribution in [-0.4, -0.2) is 11.3 Å². The minimum atomic E-state index is -0.0748. The second-order valence-electron chi connectivity index (χ2n) is 19.5. The van der Waals surface area contributed by atoms with Gasteiger partial charge in [0.1, 0.15) is 0 Å². The summed E-state index contributed by atoms with van der Waals surface area (Å²) in [5.41, 5.74) is 20.9. The zero-order chi connectivity index (χ0) is 48.9. The van der Waals surface area contributed by atoms with Crippen molar-refractivity contribution in [2.24, 2.45) is 0 Å². The second kappa shape index (κ2) is 16.6. The summed E-state index contributed by atoms with van der Waals surface area (Å²) in [7, 11) is 0. The monoisotopic (exact) mass is 938 g/mol. The molecule has 12 aromatic carbocycles. The summed E-state index contributed by atoms with van der Waals surface area (Å²) >= 11 is 0. The Balaban J connectivity index is 1.02. The van der Waals surface area contributed by atoms with Gasteiger partial charge >= 0.3 is 0 Å². The van der Waals surface area contributed by atoms with E-state index in [9.17, 15) is 5.26 Å². The van der Waals surface area contributed by atoms with Gasteiger partial charge in [-0.15, -0.1) is 0 Å². The maximum atomic E-state index is 11.0. The van der Waals surface area contributed by atoms with Gasteiger partial charge in [-0.1, -0.05) is 176 Å². The molecule has 74 heavy (non-hydrogen) atoms. The van der Waals surface area contributed by atoms with Crippen LogP contribution in [0.3, 0.4) is 0 Å². The highest BCUT2D eigenvalue weighted by Crippen LogP contribution is 2.49. The van der Waals surface area contributed by atoms with Crippen molar-refractivity contribution in [3.8, 4) is 45.1 Å². The van der Waals surface area contributed by atoms with Crippen molar-refractivity contribution >= 4 is 101 Å². The fraction of sp³-hybridized carbons (Fsp3) is 0. The van der Waals surface area contributed by atoms with Crippen LogP contribution >= 0.6 is 0 Å². The Morgan fingerprint density at radius 3 is 1.34 bits per heavy atom. The van der Waals surface area contributed by atoms with E-state index in [1.54, 1.807) is 0 Å². The molecule has 0 amide bonds. The molecule has 0 saturated carbocycles. The molecule has 0 N–H and O–H groups in total. The molecular weight excluding hydrogens is 896 g/mol. The number of aromatic nitrogens is 1. The normalized spacial score (nSPS) is 12.5. The number of nitriles is 1. The van der Waals surface area contributed by atoms with Crippen LogP contribution in [0.15, 0.2) is 261 Å². The molecule has 13 aromatic rings. The Hall–Kier alpha value is -9.89. The minimum Gasteiger partial charge on any atom is -0.311 e. The molecule has 0 aliphatic carbocycles. The fourth-order valence-corrected chi connectivity index (χ4v) is 12.5. The Morgan fingerprint density at radius 2 is 0.757 bits per heavy atom. The Morgan fingerprint density at radius 1 is 0.311 bits per heavy atom. The van der Waals surface area contributed by atoms with E-state index in [0.29, 0.717) is 5.56 Å². The molecule has 2 aliphatic rings. The number of rotatable bonds is 6. The number of para-hydroxylation sites is 5. The molecule has 0 saturated heterocycles. The van der Waals surface area contributed by atoms with Crippen molar-refractivity contribution in [2.75, 3.05) is 9.80 Å². The average molecular weight is 939 g/mol. The van der Waals surface area contributed by atoms with Crippen LogP contribution in [0, 0.1) is 11.3 Å². The van der Waals surface area contributed by atoms with Crippen molar-refractivity contribution in [3.05, 3.63) is 266 Å². The van der Waals surface area contributed by atoms with Crippen LogP contribution < -0.4 is 26.2 Å². The van der Waals surface area contributed by atoms with E-state index in [1.165, 1.54) is 60.1 Å². The first kappa shape index (κ1) is 41.9. The number of anilines is 6. The molecule has 5 heteroatoms. The summed E-state index contributed by atoms with van der Waals surface area (Å²) in [5, 5.41) is 18.1. The Labute approximate surface area is 429 Å². The highest BCUT2D eigenvalue weighted by atomic mass is 15.2. The molecule has 0 unspecified atom stereocenters. The standard InChI is InChI=1S/C69H43BN4/c71-44-45-38-47(40-49(39-45)68-57-30-12-10-28-55(57)67(46-20-4-1-5-21-46)56-29-11-13-31-58(56)68)48-41-65-69-66(42-48)73(51-24-8-3-9-25-51)64-43-52(74-61-33-17-14-26-53(61)54-27-15-18-34-62(54)74)36-37-60(64)70(69)59-32-16-19-35-63(59)72(65)50-22-6-2-7-23-50/h1-43H. The first-order chi connectivity index (χ1) is 36.7. The van der Waals surface area contributed by atoms with Crippen molar-refractivity contribution in [3.63, 3.8) is 0 Å². The van der Waals surface area contributed by atoms with Gasteiger partial charge in [0.2, 0.25) is 0 Å². The summed E-state index contributed by atoms with van der Waals surface area (Å²) in [5.74, 6) is 0. The second-order valence-corrected chi connectivity index (χ2v) is 19.5. The van der Waals surface area contributed by atoms with Gasteiger partial charge in [0, 0.05) is 50.6 Å². The number of fused-ring (bicyclic) bond motifs is 9. The third-order valence-electron chi connectivity index (χ3n) is 15.5. The van der Waals surface area contributed by atoms with Gasteiger partial charge in [-0.25, -0.2) is 0 Å². The van der Waals surface area contributed by atoms with Crippen molar-refractivity contribution in [1.82, 2.24) is 4.57 Å². The zero-order valence-corrected chi connectivity index (χ0v) is 40.2. The van der Waals surface area contributed by atoms with Crippen LogP contribution in [-0.2, 0) is 0 Å². The highest BCUT2D eigenvalue weighted by molar-refractivity contribution is 7.00. The molecule has 0 bridgehead atoms. The molecular formula is C69H43BN4. The van der Waals surface area contributed by atoms with E-state index >= 15 is 0 Å². The van der Waals surface area contributed by atoms with Gasteiger partial charge in [0.05, 0.1) is 22.7 Å². The van der Waals surface area contributed by atoms with Crippen molar-refractivity contribution in [1.29, 1.82) is 5.26 Å². The number of benzene rings is 12. The van der Waals surface area contributed by atoms with Gasteiger partial charge in [-0.3, -0.25) is 0 Å². The summed E-state index contributed by atoms with van der Waals surface area (Å²) in [6.45, 7) is -0.0748. The maximum absolute atomic E-state index is 11.0. The predicted octanol–water partition coefficient (Wildman–Crippen LogP) is 16.0. The van der Waals surface area contributed by atoms with Gasteiger partial charge in [-0.05, 0) is 156 Å². The smallest absolute Gasteiger partial charge is 0.252 e. The summed E-state index contributed by atoms with van der Waals surface area (Å²) in [6, 6.07) is 97.2. The minimum absolute atomic E-state index is 0.0748. The van der Waals surface area contributed by atoms with E-state index in [4.69, 9.17) is 0 Å². The lowest BCUT2D eigenvalue weighted by Crippen LogP contribution is -2.61. The molecule has 4 nitrogen and oxygen atoms in total. The van der Waals surface area contributed by atoms with Crippen LogP contribution in [0.5, 0.6) is 0 Å². The molecule has 342 valence electrons. The van der Waals surface area contributed by atoms with Gasteiger partial charge in [-0.2, -0.15) is 5.26 Å². The van der Waals surface area contributed by atoms with E-state index in [2.05, 4.69) is 281 Å². The first-order valence-electron chi connectivity index (χ1n) is 25.3. The molecule has 2 aliphatic heterocycles. The number of nitrogens with zero attached hydrogens (tertiary/aromatic N) is 4. The maximum Gasteiger partial charge on any atom is 0.252 e. The fourth-order valence-electron chi connectivity index (χ4n) is 12.5. The van der Waals surface area contributed by atoms with E-state index in [-0.39, 0.29) is 6.71 Å². The lowest BCUT2D eigenvalue weighted by atomic mass is 9.33. The van der Waals surface area contributed by atoms with Gasteiger partial charge < -0.3 is 14.4 Å². The molecule has 0 fully saturated rings. The van der Waals surface area contributed by atoms with Crippen molar-refractivity contribution in [2.45, 2.75) is 0 Å². The van der Waals surface area contributed by atoms with Crippen molar-refractivity contribution < 1.29 is 0 Å². The molecule has 0 atom stereocenters. The van der Waals surface area contributed by atoms with Gasteiger partial charge in [0.15, 0.2) is 0 Å². The average Bonchev–Trinajstić information content (AvgIpc) is 3.82. The van der Waals surface area contributed by atoms with Crippen LogP contribution in [0.25, 0.3) is 82.4 Å². The number of hydrogen-bond donors (Lipinski definition) is 0. The summed E-state index contributed by atoms with van der Waals surface area (Å²) in [6.07, 6.45) is 0. The molecule has 0 spiro atoms. The van der Waals surface area contributed by atoms with Gasteiger partial charge in [0.25, 0.3) is 6.71 Å². The SMILES string of the molecule is N#Cc1cc(-c2cc3c4c(c2)N(c2ccccc2)c2cc(-n5c6ccccc6c6ccccc65)ccc2B4c2ccccc2N3c2ccccc2)cc(-c2c3ccccc3c(-c3ccccc3)c3ccccc23)c1.